The van der Waals surface area contributed by atoms with Crippen molar-refractivity contribution in [1.29, 1.82) is 0 Å². The van der Waals surface area contributed by atoms with Crippen LogP contribution >= 0.6 is 0 Å². The highest BCUT2D eigenvalue weighted by molar-refractivity contribution is 5.39. The molecule has 0 saturated carbocycles. The molecular formula is C13H18FN. The van der Waals surface area contributed by atoms with Gasteiger partial charge in [-0.15, -0.1) is 0 Å². The van der Waals surface area contributed by atoms with Gasteiger partial charge in [0.1, 0.15) is 5.82 Å². The lowest BCUT2D eigenvalue weighted by Crippen LogP contribution is -2.35. The molecule has 1 aromatic carbocycles. The third kappa shape index (κ3) is 1.78. The fourth-order valence-electron chi connectivity index (χ4n) is 2.70. The van der Waals surface area contributed by atoms with Crippen molar-refractivity contribution in [1.82, 2.24) is 0 Å². The molecule has 2 rings (SSSR count). The Morgan fingerprint density at radius 2 is 2.20 bits per heavy atom. The molecule has 0 amide bonds. The molecule has 0 spiro atoms. The molecule has 1 aliphatic carbocycles. The molecule has 1 atom stereocenters. The van der Waals surface area contributed by atoms with Gasteiger partial charge in [-0.3, -0.25) is 0 Å². The minimum Gasteiger partial charge on any atom is -0.321 e. The van der Waals surface area contributed by atoms with E-state index in [9.17, 15) is 4.39 Å². The zero-order valence-corrected chi connectivity index (χ0v) is 9.39. The summed E-state index contributed by atoms with van der Waals surface area (Å²) in [4.78, 5) is 0. The first-order valence-electron chi connectivity index (χ1n) is 5.60. The molecular weight excluding hydrogens is 189 g/mol. The lowest BCUT2D eigenvalue weighted by Gasteiger charge is -2.27. The predicted octanol–water partition coefficient (Wildman–Crippen LogP) is 2.97. The maximum absolute atomic E-state index is 13.5. The van der Waals surface area contributed by atoms with E-state index in [0.717, 1.165) is 30.4 Å². The number of nitrogens with two attached hydrogens (primary N) is 1. The van der Waals surface area contributed by atoms with Gasteiger partial charge in [0, 0.05) is 5.54 Å². The lowest BCUT2D eigenvalue weighted by molar-refractivity contribution is 0.348. The smallest absolute Gasteiger partial charge is 0.126 e. The Kier molecular flexibility index (Phi) is 2.55. The van der Waals surface area contributed by atoms with Gasteiger partial charge >= 0.3 is 0 Å². The third-order valence-electron chi connectivity index (χ3n) is 3.25. The van der Waals surface area contributed by atoms with Gasteiger partial charge in [-0.2, -0.15) is 0 Å². The first-order chi connectivity index (χ1) is 7.03. The normalized spacial score (nSPS) is 24.6. The molecule has 0 heterocycles. The van der Waals surface area contributed by atoms with Crippen LogP contribution in [-0.4, -0.2) is 0 Å². The summed E-state index contributed by atoms with van der Waals surface area (Å²) >= 11 is 0. The van der Waals surface area contributed by atoms with Crippen LogP contribution in [-0.2, 0) is 12.0 Å². The van der Waals surface area contributed by atoms with Gasteiger partial charge in [0.25, 0.3) is 0 Å². The monoisotopic (exact) mass is 207 g/mol. The summed E-state index contributed by atoms with van der Waals surface area (Å²) in [6.07, 6.45) is 2.59. The standard InChI is InChI=1S/C13H18FN/c1-9(2)8-13(15)7-6-10-11(13)4-3-5-12(10)14/h3-5,9H,6-8,15H2,1-2H3. The van der Waals surface area contributed by atoms with Crippen LogP contribution in [0.25, 0.3) is 0 Å². The molecule has 0 bridgehead atoms. The molecule has 1 aromatic rings. The second-order valence-corrected chi connectivity index (χ2v) is 5.02. The van der Waals surface area contributed by atoms with E-state index in [1.54, 1.807) is 6.07 Å². The Labute approximate surface area is 90.5 Å². The quantitative estimate of drug-likeness (QED) is 0.792. The summed E-state index contributed by atoms with van der Waals surface area (Å²) in [5, 5.41) is 0. The van der Waals surface area contributed by atoms with Crippen LogP contribution in [0.2, 0.25) is 0 Å². The van der Waals surface area contributed by atoms with Gasteiger partial charge in [0.2, 0.25) is 0 Å². The molecule has 0 aromatic heterocycles. The van der Waals surface area contributed by atoms with Crippen molar-refractivity contribution >= 4 is 0 Å². The van der Waals surface area contributed by atoms with Crippen LogP contribution < -0.4 is 5.73 Å². The second kappa shape index (κ2) is 3.60. The molecule has 0 fully saturated rings. The van der Waals surface area contributed by atoms with E-state index in [0.29, 0.717) is 5.92 Å². The van der Waals surface area contributed by atoms with Crippen molar-refractivity contribution in [2.24, 2.45) is 11.7 Å². The van der Waals surface area contributed by atoms with Gasteiger partial charge in [-0.1, -0.05) is 26.0 Å². The number of hydrogen-bond donors (Lipinski definition) is 1. The molecule has 0 saturated heterocycles. The van der Waals surface area contributed by atoms with E-state index in [1.165, 1.54) is 6.07 Å². The van der Waals surface area contributed by atoms with Crippen molar-refractivity contribution in [3.05, 3.63) is 35.1 Å². The minimum atomic E-state index is -0.300. The molecule has 1 aliphatic rings. The van der Waals surface area contributed by atoms with Gasteiger partial charge in [-0.05, 0) is 42.4 Å². The maximum Gasteiger partial charge on any atom is 0.126 e. The number of fused-ring (bicyclic) bond motifs is 1. The Hall–Kier alpha value is -0.890. The zero-order chi connectivity index (χ0) is 11.1. The first kappa shape index (κ1) is 10.6. The molecule has 0 radical (unpaired) electrons. The van der Waals surface area contributed by atoms with E-state index in [-0.39, 0.29) is 11.4 Å². The average molecular weight is 207 g/mol. The van der Waals surface area contributed by atoms with Crippen LogP contribution in [0.4, 0.5) is 4.39 Å². The lowest BCUT2D eigenvalue weighted by atomic mass is 9.85. The molecule has 2 heteroatoms. The minimum absolute atomic E-state index is 0.0939. The molecule has 1 unspecified atom stereocenters. The van der Waals surface area contributed by atoms with Crippen molar-refractivity contribution in [2.45, 2.75) is 38.6 Å². The summed E-state index contributed by atoms with van der Waals surface area (Å²) in [6.45, 7) is 4.32. The maximum atomic E-state index is 13.5. The van der Waals surface area contributed by atoms with Gasteiger partial charge < -0.3 is 5.73 Å². The van der Waals surface area contributed by atoms with Crippen LogP contribution in [0.5, 0.6) is 0 Å². The van der Waals surface area contributed by atoms with Crippen LogP contribution in [0.15, 0.2) is 18.2 Å². The highest BCUT2D eigenvalue weighted by Gasteiger charge is 2.36. The van der Waals surface area contributed by atoms with Crippen molar-refractivity contribution in [2.75, 3.05) is 0 Å². The van der Waals surface area contributed by atoms with E-state index >= 15 is 0 Å². The summed E-state index contributed by atoms with van der Waals surface area (Å²) in [7, 11) is 0. The van der Waals surface area contributed by atoms with Crippen molar-refractivity contribution < 1.29 is 4.39 Å². The molecule has 2 N–H and O–H groups in total. The first-order valence-corrected chi connectivity index (χ1v) is 5.60. The Bertz CT molecular complexity index is 373. The van der Waals surface area contributed by atoms with E-state index in [4.69, 9.17) is 5.73 Å². The van der Waals surface area contributed by atoms with E-state index < -0.39 is 0 Å². The van der Waals surface area contributed by atoms with Crippen molar-refractivity contribution in [3.8, 4) is 0 Å². The third-order valence-corrected chi connectivity index (χ3v) is 3.25. The Morgan fingerprint density at radius 3 is 2.87 bits per heavy atom. The highest BCUT2D eigenvalue weighted by atomic mass is 19.1. The fraction of sp³-hybridized carbons (Fsp3) is 0.538. The predicted molar refractivity (Wildman–Crippen MR) is 60.0 cm³/mol. The van der Waals surface area contributed by atoms with Gasteiger partial charge in [0.05, 0.1) is 0 Å². The topological polar surface area (TPSA) is 26.0 Å². The molecule has 15 heavy (non-hydrogen) atoms. The Morgan fingerprint density at radius 1 is 1.47 bits per heavy atom. The summed E-state index contributed by atoms with van der Waals surface area (Å²) in [6, 6.07) is 5.27. The average Bonchev–Trinajstić information content (AvgIpc) is 2.44. The number of halogens is 1. The van der Waals surface area contributed by atoms with Gasteiger partial charge in [0.15, 0.2) is 0 Å². The second-order valence-electron chi connectivity index (χ2n) is 5.02. The zero-order valence-electron chi connectivity index (χ0n) is 9.39. The van der Waals surface area contributed by atoms with E-state index in [1.807, 2.05) is 6.07 Å². The van der Waals surface area contributed by atoms with E-state index in [2.05, 4.69) is 13.8 Å². The molecule has 0 aliphatic heterocycles. The summed E-state index contributed by atoms with van der Waals surface area (Å²) in [5.41, 5.74) is 7.93. The number of rotatable bonds is 2. The number of benzene rings is 1. The number of hydrogen-bond acceptors (Lipinski definition) is 1. The Balaban J connectivity index is 2.39. The largest absolute Gasteiger partial charge is 0.321 e. The summed E-state index contributed by atoms with van der Waals surface area (Å²) < 4.78 is 13.5. The van der Waals surface area contributed by atoms with Crippen LogP contribution in [0.3, 0.4) is 0 Å². The van der Waals surface area contributed by atoms with Crippen LogP contribution in [0, 0.1) is 11.7 Å². The SMILES string of the molecule is CC(C)CC1(N)CCc2c(F)cccc21. The molecule has 1 nitrogen and oxygen atoms in total. The van der Waals surface area contributed by atoms with Crippen molar-refractivity contribution in [3.63, 3.8) is 0 Å². The highest BCUT2D eigenvalue weighted by Crippen LogP contribution is 2.39. The fourth-order valence-corrected chi connectivity index (χ4v) is 2.70. The van der Waals surface area contributed by atoms with Gasteiger partial charge in [-0.25, -0.2) is 4.39 Å². The van der Waals surface area contributed by atoms with Crippen LogP contribution in [0.1, 0.15) is 37.8 Å². The molecule has 82 valence electrons. The summed E-state index contributed by atoms with van der Waals surface area (Å²) in [5.74, 6) is 0.452.